The van der Waals surface area contributed by atoms with Crippen molar-refractivity contribution < 1.29 is 18.8 Å². The first-order chi connectivity index (χ1) is 15.6. The normalized spacial score (nSPS) is 17.6. The predicted octanol–water partition coefficient (Wildman–Crippen LogP) is 4.24. The van der Waals surface area contributed by atoms with Crippen molar-refractivity contribution >= 4 is 11.5 Å². The molecule has 10 heteroatoms. The van der Waals surface area contributed by atoms with Crippen molar-refractivity contribution in [1.29, 1.82) is 0 Å². The molecule has 2 aliphatic heterocycles. The number of ether oxygens (including phenoxy) is 2. The molecule has 3 aromatic rings. The monoisotopic (exact) mass is 439 g/mol. The number of nitro groups is 1. The molecule has 0 radical (unpaired) electrons. The van der Waals surface area contributed by atoms with Gasteiger partial charge in [0.1, 0.15) is 17.8 Å². The standard InChI is InChI=1S/C22H22FN5O4/c23-18-5-4-14(9-19(18)28(29)30)10-24-22-16-6-8-32-21(16)17(12-25-22)15-11-26-27(13-15)20-3-1-2-7-31-20/h4-5,9,11-13,20H,1-3,6-8,10H2,(H,24,25). The van der Waals surface area contributed by atoms with Crippen molar-refractivity contribution in [3.8, 4) is 16.9 Å². The zero-order valence-corrected chi connectivity index (χ0v) is 17.3. The van der Waals surface area contributed by atoms with Crippen LogP contribution >= 0.6 is 0 Å². The predicted molar refractivity (Wildman–Crippen MR) is 114 cm³/mol. The topological polar surface area (TPSA) is 104 Å². The van der Waals surface area contributed by atoms with Gasteiger partial charge in [-0.25, -0.2) is 9.67 Å². The van der Waals surface area contributed by atoms with Gasteiger partial charge in [0.05, 0.1) is 17.7 Å². The lowest BCUT2D eigenvalue weighted by molar-refractivity contribution is -0.387. The molecule has 1 fully saturated rings. The van der Waals surface area contributed by atoms with Crippen molar-refractivity contribution in [3.63, 3.8) is 0 Å². The molecule has 4 heterocycles. The lowest BCUT2D eigenvalue weighted by Crippen LogP contribution is -2.18. The summed E-state index contributed by atoms with van der Waals surface area (Å²) >= 11 is 0. The van der Waals surface area contributed by atoms with Crippen LogP contribution in [0.5, 0.6) is 5.75 Å². The SMILES string of the molecule is O=[N+]([O-])c1cc(CNc2ncc(-c3cnn(C4CCCCO4)c3)c3c2CCO3)ccc1F. The molecule has 0 amide bonds. The molecule has 0 bridgehead atoms. The first-order valence-corrected chi connectivity index (χ1v) is 10.6. The number of hydrogen-bond donors (Lipinski definition) is 1. The smallest absolute Gasteiger partial charge is 0.305 e. The largest absolute Gasteiger partial charge is 0.492 e. The van der Waals surface area contributed by atoms with Crippen molar-refractivity contribution in [3.05, 3.63) is 63.8 Å². The van der Waals surface area contributed by atoms with Gasteiger partial charge >= 0.3 is 5.69 Å². The van der Waals surface area contributed by atoms with Gasteiger partial charge in [-0.2, -0.15) is 9.49 Å². The van der Waals surface area contributed by atoms with Crippen LogP contribution in [0.25, 0.3) is 11.1 Å². The van der Waals surface area contributed by atoms with E-state index in [1.54, 1.807) is 12.4 Å². The molecule has 9 nitrogen and oxygen atoms in total. The van der Waals surface area contributed by atoms with E-state index in [9.17, 15) is 14.5 Å². The molecule has 2 aliphatic rings. The second-order valence-corrected chi connectivity index (χ2v) is 7.85. The zero-order chi connectivity index (χ0) is 22.1. The number of hydrogen-bond acceptors (Lipinski definition) is 7. The summed E-state index contributed by atoms with van der Waals surface area (Å²) < 4.78 is 27.2. The van der Waals surface area contributed by atoms with E-state index in [-0.39, 0.29) is 12.8 Å². The molecule has 1 saturated heterocycles. The number of anilines is 1. The fraction of sp³-hybridized carbons (Fsp3) is 0.364. The van der Waals surface area contributed by atoms with Gasteiger partial charge < -0.3 is 14.8 Å². The van der Waals surface area contributed by atoms with Crippen LogP contribution < -0.4 is 10.1 Å². The number of aromatic nitrogens is 3. The van der Waals surface area contributed by atoms with Crippen LogP contribution in [0.4, 0.5) is 15.9 Å². The third kappa shape index (κ3) is 3.89. The molecule has 1 aromatic carbocycles. The first kappa shape index (κ1) is 20.4. The van der Waals surface area contributed by atoms with E-state index in [0.29, 0.717) is 24.4 Å². The maximum absolute atomic E-state index is 13.6. The Hall–Kier alpha value is -3.53. The highest BCUT2D eigenvalue weighted by molar-refractivity contribution is 5.74. The van der Waals surface area contributed by atoms with Gasteiger partial charge in [0.2, 0.25) is 5.82 Å². The fourth-order valence-corrected chi connectivity index (χ4v) is 4.11. The van der Waals surface area contributed by atoms with E-state index < -0.39 is 16.4 Å². The summed E-state index contributed by atoms with van der Waals surface area (Å²) in [4.78, 5) is 14.8. The second-order valence-electron chi connectivity index (χ2n) is 7.85. The fourth-order valence-electron chi connectivity index (χ4n) is 4.11. The van der Waals surface area contributed by atoms with Crippen molar-refractivity contribution in [1.82, 2.24) is 14.8 Å². The highest BCUT2D eigenvalue weighted by Crippen LogP contribution is 2.40. The number of nitro benzene ring substituents is 1. The second kappa shape index (κ2) is 8.54. The summed E-state index contributed by atoms with van der Waals surface area (Å²) in [5.74, 6) is 0.558. The average molecular weight is 439 g/mol. The molecule has 0 spiro atoms. The molecule has 1 N–H and O–H groups in total. The summed E-state index contributed by atoms with van der Waals surface area (Å²) in [6, 6.07) is 3.85. The Kier molecular flexibility index (Phi) is 5.44. The van der Waals surface area contributed by atoms with Gasteiger partial charge in [-0.15, -0.1) is 0 Å². The van der Waals surface area contributed by atoms with Gasteiger partial charge in [0.25, 0.3) is 0 Å². The van der Waals surface area contributed by atoms with Crippen molar-refractivity contribution in [2.24, 2.45) is 0 Å². The molecule has 0 saturated carbocycles. The van der Waals surface area contributed by atoms with E-state index in [2.05, 4.69) is 15.4 Å². The van der Waals surface area contributed by atoms with E-state index >= 15 is 0 Å². The Morgan fingerprint density at radius 3 is 3.00 bits per heavy atom. The van der Waals surface area contributed by atoms with Crippen LogP contribution in [0.2, 0.25) is 0 Å². The first-order valence-electron chi connectivity index (χ1n) is 10.6. The number of rotatable bonds is 6. The Morgan fingerprint density at radius 1 is 1.28 bits per heavy atom. The molecule has 5 rings (SSSR count). The third-order valence-corrected chi connectivity index (χ3v) is 5.76. The quantitative estimate of drug-likeness (QED) is 0.452. The minimum absolute atomic E-state index is 0.0415. The summed E-state index contributed by atoms with van der Waals surface area (Å²) in [5.41, 5.74) is 2.76. The maximum Gasteiger partial charge on any atom is 0.305 e. The van der Waals surface area contributed by atoms with Crippen LogP contribution in [0.1, 0.15) is 36.6 Å². The lowest BCUT2D eigenvalue weighted by atomic mass is 10.1. The molecule has 0 aliphatic carbocycles. The van der Waals surface area contributed by atoms with Crippen molar-refractivity contribution in [2.75, 3.05) is 18.5 Å². The Morgan fingerprint density at radius 2 is 2.19 bits per heavy atom. The van der Waals surface area contributed by atoms with Crippen molar-refractivity contribution in [2.45, 2.75) is 38.5 Å². The van der Waals surface area contributed by atoms with Crippen LogP contribution in [0.15, 0.2) is 36.8 Å². The third-order valence-electron chi connectivity index (χ3n) is 5.76. The number of benzene rings is 1. The van der Waals surface area contributed by atoms with E-state index in [1.165, 1.54) is 12.1 Å². The van der Waals surface area contributed by atoms with Gasteiger partial charge in [0.15, 0.2) is 0 Å². The summed E-state index contributed by atoms with van der Waals surface area (Å²) in [6.07, 6.45) is 9.29. The van der Waals surface area contributed by atoms with E-state index in [1.807, 2.05) is 10.9 Å². The van der Waals surface area contributed by atoms with Crippen LogP contribution in [-0.4, -0.2) is 32.9 Å². The Bertz CT molecular complexity index is 1160. The Labute approximate surface area is 183 Å². The number of nitrogens with zero attached hydrogens (tertiary/aromatic N) is 4. The maximum atomic E-state index is 13.6. The van der Waals surface area contributed by atoms with Gasteiger partial charge in [-0.05, 0) is 30.9 Å². The molecule has 166 valence electrons. The number of nitrogens with one attached hydrogen (secondary N) is 1. The molecular weight excluding hydrogens is 417 g/mol. The van der Waals surface area contributed by atoms with Gasteiger partial charge in [0, 0.05) is 54.7 Å². The summed E-state index contributed by atoms with van der Waals surface area (Å²) in [6.45, 7) is 1.57. The highest BCUT2D eigenvalue weighted by atomic mass is 19.1. The lowest BCUT2D eigenvalue weighted by Gasteiger charge is -2.22. The number of pyridine rings is 1. The highest BCUT2D eigenvalue weighted by Gasteiger charge is 2.24. The van der Waals surface area contributed by atoms with Gasteiger partial charge in [-0.1, -0.05) is 6.07 Å². The number of halogens is 1. The molecule has 1 unspecified atom stereocenters. The van der Waals surface area contributed by atoms with Crippen LogP contribution in [-0.2, 0) is 17.7 Å². The molecule has 32 heavy (non-hydrogen) atoms. The van der Waals surface area contributed by atoms with E-state index in [4.69, 9.17) is 9.47 Å². The molecule has 2 aromatic heterocycles. The van der Waals surface area contributed by atoms with Gasteiger partial charge in [-0.3, -0.25) is 10.1 Å². The van der Waals surface area contributed by atoms with Crippen LogP contribution in [0.3, 0.4) is 0 Å². The van der Waals surface area contributed by atoms with Crippen LogP contribution in [0, 0.1) is 15.9 Å². The molecular formula is C22H22FN5O4. The van der Waals surface area contributed by atoms with E-state index in [0.717, 1.165) is 54.4 Å². The minimum Gasteiger partial charge on any atom is -0.492 e. The summed E-state index contributed by atoms with van der Waals surface area (Å²) in [7, 11) is 0. The molecule has 1 atom stereocenters. The average Bonchev–Trinajstić information content (AvgIpc) is 3.49. The number of fused-ring (bicyclic) bond motifs is 1. The Balaban J connectivity index is 1.37. The zero-order valence-electron chi connectivity index (χ0n) is 17.3. The summed E-state index contributed by atoms with van der Waals surface area (Å²) in [5, 5.41) is 18.7. The minimum atomic E-state index is -0.852.